The Morgan fingerprint density at radius 2 is 1.85 bits per heavy atom. The number of rotatable bonds is 10. The number of nitrogens with one attached hydrogen (secondary N) is 1. The summed E-state index contributed by atoms with van der Waals surface area (Å²) in [6.07, 6.45) is 0.959. The van der Waals surface area contributed by atoms with E-state index in [2.05, 4.69) is 5.32 Å². The molecule has 2 aromatic rings. The van der Waals surface area contributed by atoms with Crippen molar-refractivity contribution in [1.29, 1.82) is 0 Å². The zero-order valence-corrected chi connectivity index (χ0v) is 14.7. The molecule has 26 heavy (non-hydrogen) atoms. The molecule has 0 spiro atoms. The van der Waals surface area contributed by atoms with E-state index >= 15 is 0 Å². The summed E-state index contributed by atoms with van der Waals surface area (Å²) < 4.78 is 10.5. The molecule has 138 valence electrons. The van der Waals surface area contributed by atoms with Crippen LogP contribution in [-0.4, -0.2) is 43.3 Å². The van der Waals surface area contributed by atoms with Crippen LogP contribution in [0.4, 0.5) is 0 Å². The summed E-state index contributed by atoms with van der Waals surface area (Å²) in [5, 5.41) is 12.0. The summed E-state index contributed by atoms with van der Waals surface area (Å²) >= 11 is 0. The van der Waals surface area contributed by atoms with E-state index in [0.29, 0.717) is 24.5 Å². The number of carbonyl (C=O) groups is 2. The molecule has 0 aliphatic rings. The van der Waals surface area contributed by atoms with Crippen LogP contribution in [0.5, 0.6) is 5.75 Å². The Labute approximate surface area is 152 Å². The average Bonchev–Trinajstić information content (AvgIpc) is 2.65. The highest BCUT2D eigenvalue weighted by Crippen LogP contribution is 2.14. The number of hydrogen-bond donors (Lipinski definition) is 2. The Morgan fingerprint density at radius 1 is 1.08 bits per heavy atom. The smallest absolute Gasteiger partial charge is 0.326 e. The van der Waals surface area contributed by atoms with Crippen LogP contribution in [0.25, 0.3) is 0 Å². The SMILES string of the molecule is COCCCOc1cccc(C(=O)NC(Cc2ccccc2)C(=O)O)c1. The zero-order chi connectivity index (χ0) is 18.8. The first-order valence-electron chi connectivity index (χ1n) is 8.39. The summed E-state index contributed by atoms with van der Waals surface area (Å²) in [6.45, 7) is 1.07. The summed E-state index contributed by atoms with van der Waals surface area (Å²) in [6, 6.07) is 14.9. The predicted octanol–water partition coefficient (Wildman–Crippen LogP) is 2.53. The van der Waals surface area contributed by atoms with Gasteiger partial charge in [0.05, 0.1) is 6.61 Å². The number of carbonyl (C=O) groups excluding carboxylic acids is 1. The Hall–Kier alpha value is -2.86. The quantitative estimate of drug-likeness (QED) is 0.638. The van der Waals surface area contributed by atoms with E-state index in [1.165, 1.54) is 0 Å². The molecule has 0 fully saturated rings. The summed E-state index contributed by atoms with van der Waals surface area (Å²) in [5.74, 6) is -0.964. The van der Waals surface area contributed by atoms with Crippen molar-refractivity contribution in [2.75, 3.05) is 20.3 Å². The minimum absolute atomic E-state index is 0.217. The molecular formula is C20H23NO5. The third kappa shape index (κ3) is 6.22. The van der Waals surface area contributed by atoms with Gasteiger partial charge in [0.25, 0.3) is 5.91 Å². The van der Waals surface area contributed by atoms with E-state index in [1.54, 1.807) is 31.4 Å². The van der Waals surface area contributed by atoms with Crippen molar-refractivity contribution in [3.8, 4) is 5.75 Å². The van der Waals surface area contributed by atoms with Crippen molar-refractivity contribution in [1.82, 2.24) is 5.32 Å². The van der Waals surface area contributed by atoms with E-state index < -0.39 is 17.9 Å². The Kier molecular flexibility index (Phi) is 7.64. The fraction of sp³-hybridized carbons (Fsp3) is 0.300. The minimum Gasteiger partial charge on any atom is -0.493 e. The van der Waals surface area contributed by atoms with Crippen molar-refractivity contribution < 1.29 is 24.2 Å². The van der Waals surface area contributed by atoms with E-state index in [9.17, 15) is 14.7 Å². The molecule has 6 nitrogen and oxygen atoms in total. The number of ether oxygens (including phenoxy) is 2. The van der Waals surface area contributed by atoms with Gasteiger partial charge >= 0.3 is 5.97 Å². The van der Waals surface area contributed by atoms with Crippen LogP contribution in [0.2, 0.25) is 0 Å². The standard InChI is InChI=1S/C20H23NO5/c1-25-11-6-12-26-17-10-5-9-16(14-17)19(22)21-18(20(23)24)13-15-7-3-2-4-8-15/h2-5,7-10,14,18H,6,11-13H2,1H3,(H,21,22)(H,23,24). The molecule has 6 heteroatoms. The van der Waals surface area contributed by atoms with Gasteiger partial charge in [-0.25, -0.2) is 4.79 Å². The average molecular weight is 357 g/mol. The first-order chi connectivity index (χ1) is 12.6. The van der Waals surface area contributed by atoms with Crippen LogP contribution in [0.1, 0.15) is 22.3 Å². The van der Waals surface area contributed by atoms with Gasteiger partial charge in [0.2, 0.25) is 0 Å². The molecule has 0 aromatic heterocycles. The molecule has 1 atom stereocenters. The largest absolute Gasteiger partial charge is 0.493 e. The second kappa shape index (κ2) is 10.2. The lowest BCUT2D eigenvalue weighted by molar-refractivity contribution is -0.139. The minimum atomic E-state index is -1.07. The van der Waals surface area contributed by atoms with Crippen molar-refractivity contribution >= 4 is 11.9 Å². The van der Waals surface area contributed by atoms with Gasteiger partial charge in [-0.05, 0) is 23.8 Å². The van der Waals surface area contributed by atoms with E-state index in [4.69, 9.17) is 9.47 Å². The van der Waals surface area contributed by atoms with Gasteiger partial charge in [-0.1, -0.05) is 36.4 Å². The van der Waals surface area contributed by atoms with Crippen LogP contribution in [0.3, 0.4) is 0 Å². The number of amides is 1. The van der Waals surface area contributed by atoms with E-state index in [0.717, 1.165) is 12.0 Å². The number of aliphatic carboxylic acids is 1. The Bertz CT molecular complexity index is 717. The van der Waals surface area contributed by atoms with Gasteiger partial charge in [0.1, 0.15) is 11.8 Å². The van der Waals surface area contributed by atoms with E-state index in [1.807, 2.05) is 30.3 Å². The van der Waals surface area contributed by atoms with Gasteiger partial charge < -0.3 is 19.9 Å². The van der Waals surface area contributed by atoms with Crippen LogP contribution in [-0.2, 0) is 16.0 Å². The topological polar surface area (TPSA) is 84.9 Å². The number of carboxylic acids is 1. The predicted molar refractivity (Wildman–Crippen MR) is 97.5 cm³/mol. The fourth-order valence-electron chi connectivity index (χ4n) is 2.41. The molecule has 1 unspecified atom stereocenters. The lowest BCUT2D eigenvalue weighted by Gasteiger charge is -2.15. The lowest BCUT2D eigenvalue weighted by Crippen LogP contribution is -2.42. The fourth-order valence-corrected chi connectivity index (χ4v) is 2.41. The van der Waals surface area contributed by atoms with Crippen LogP contribution in [0, 0.1) is 0 Å². The van der Waals surface area contributed by atoms with Crippen LogP contribution < -0.4 is 10.1 Å². The lowest BCUT2D eigenvalue weighted by atomic mass is 10.1. The monoisotopic (exact) mass is 357 g/mol. The number of hydrogen-bond acceptors (Lipinski definition) is 4. The second-order valence-corrected chi connectivity index (χ2v) is 5.78. The third-order valence-electron chi connectivity index (χ3n) is 3.74. The second-order valence-electron chi connectivity index (χ2n) is 5.78. The first kappa shape index (κ1) is 19.5. The molecule has 2 N–H and O–H groups in total. The zero-order valence-electron chi connectivity index (χ0n) is 14.7. The van der Waals surface area contributed by atoms with Gasteiger partial charge in [-0.3, -0.25) is 4.79 Å². The maximum atomic E-state index is 12.4. The molecule has 0 aliphatic heterocycles. The molecular weight excluding hydrogens is 334 g/mol. The van der Waals surface area contributed by atoms with Crippen molar-refractivity contribution in [2.24, 2.45) is 0 Å². The molecule has 1 amide bonds. The molecule has 0 bridgehead atoms. The van der Waals surface area contributed by atoms with Gasteiger partial charge in [-0.15, -0.1) is 0 Å². The summed E-state index contributed by atoms with van der Waals surface area (Å²) in [7, 11) is 1.62. The van der Waals surface area contributed by atoms with E-state index in [-0.39, 0.29) is 6.42 Å². The molecule has 0 aliphatic carbocycles. The van der Waals surface area contributed by atoms with Gasteiger partial charge in [0.15, 0.2) is 0 Å². The molecule has 0 saturated carbocycles. The normalized spacial score (nSPS) is 11.6. The van der Waals surface area contributed by atoms with Gasteiger partial charge in [0, 0.05) is 32.1 Å². The first-order valence-corrected chi connectivity index (χ1v) is 8.39. The van der Waals surface area contributed by atoms with Crippen molar-refractivity contribution in [3.05, 3.63) is 65.7 Å². The molecule has 0 radical (unpaired) electrons. The summed E-state index contributed by atoms with van der Waals surface area (Å²) in [5.41, 5.74) is 1.20. The number of carboxylic acid groups (broad SMARTS) is 1. The maximum absolute atomic E-state index is 12.4. The third-order valence-corrected chi connectivity index (χ3v) is 3.74. The maximum Gasteiger partial charge on any atom is 0.326 e. The van der Waals surface area contributed by atoms with Crippen molar-refractivity contribution in [2.45, 2.75) is 18.9 Å². The van der Waals surface area contributed by atoms with Crippen molar-refractivity contribution in [3.63, 3.8) is 0 Å². The summed E-state index contributed by atoms with van der Waals surface area (Å²) in [4.78, 5) is 23.9. The highest BCUT2D eigenvalue weighted by Gasteiger charge is 2.21. The van der Waals surface area contributed by atoms with Crippen LogP contribution in [0.15, 0.2) is 54.6 Å². The molecule has 2 rings (SSSR count). The molecule has 0 saturated heterocycles. The molecule has 0 heterocycles. The Balaban J connectivity index is 1.99. The molecule has 2 aromatic carbocycles. The highest BCUT2D eigenvalue weighted by molar-refractivity contribution is 5.96. The van der Waals surface area contributed by atoms with Crippen LogP contribution >= 0.6 is 0 Å². The highest BCUT2D eigenvalue weighted by atomic mass is 16.5. The number of benzene rings is 2. The Morgan fingerprint density at radius 3 is 2.54 bits per heavy atom. The van der Waals surface area contributed by atoms with Gasteiger partial charge in [-0.2, -0.15) is 0 Å². The number of methoxy groups -OCH3 is 1.